The molecule has 0 fully saturated rings. The lowest BCUT2D eigenvalue weighted by Gasteiger charge is -2.17. The number of para-hydroxylation sites is 1. The Hall–Kier alpha value is -3.62. The molecule has 1 aliphatic rings. The Morgan fingerprint density at radius 1 is 0.903 bits per heavy atom. The van der Waals surface area contributed by atoms with Gasteiger partial charge in [0.05, 0.1) is 22.7 Å². The van der Waals surface area contributed by atoms with Crippen LogP contribution in [-0.4, -0.2) is 20.5 Å². The number of benzene rings is 2. The number of hydrogen-bond donors (Lipinski definition) is 0. The Kier molecular flexibility index (Phi) is 4.09. The highest BCUT2D eigenvalue weighted by molar-refractivity contribution is 7.15. The maximum absolute atomic E-state index is 13.5. The molecule has 5 aromatic rings. The topological polar surface area (TPSA) is 67.6 Å². The van der Waals surface area contributed by atoms with Crippen molar-refractivity contribution in [1.29, 1.82) is 0 Å². The Balaban J connectivity index is 1.53. The van der Waals surface area contributed by atoms with Gasteiger partial charge < -0.3 is 4.90 Å². The second-order valence-corrected chi connectivity index (χ2v) is 9.04. The van der Waals surface area contributed by atoms with E-state index in [0.29, 0.717) is 27.4 Å². The minimum atomic E-state index is -0.310. The molecule has 1 amide bonds. The summed E-state index contributed by atoms with van der Waals surface area (Å²) >= 11 is 2.73. The Morgan fingerprint density at radius 3 is 2.48 bits per heavy atom. The Labute approximate surface area is 184 Å². The van der Waals surface area contributed by atoms with Crippen LogP contribution in [0.3, 0.4) is 0 Å². The molecule has 0 unspecified atom stereocenters. The van der Waals surface area contributed by atoms with Gasteiger partial charge in [0, 0.05) is 5.56 Å². The molecule has 2 aromatic carbocycles. The summed E-state index contributed by atoms with van der Waals surface area (Å²) in [5, 5.41) is 6.33. The van der Waals surface area contributed by atoms with Crippen LogP contribution in [0.25, 0.3) is 21.2 Å². The third kappa shape index (κ3) is 2.83. The lowest BCUT2D eigenvalue weighted by atomic mass is 10.1. The van der Waals surface area contributed by atoms with Crippen LogP contribution in [0.15, 0.2) is 76.9 Å². The molecule has 1 aliphatic heterocycles. The van der Waals surface area contributed by atoms with Crippen LogP contribution in [0.2, 0.25) is 0 Å². The van der Waals surface area contributed by atoms with Gasteiger partial charge in [-0.15, -0.1) is 16.4 Å². The first-order valence-corrected chi connectivity index (χ1v) is 11.3. The van der Waals surface area contributed by atoms with Crippen LogP contribution >= 0.6 is 22.7 Å². The van der Waals surface area contributed by atoms with E-state index in [0.717, 1.165) is 21.7 Å². The van der Waals surface area contributed by atoms with Crippen molar-refractivity contribution in [1.82, 2.24) is 14.6 Å². The average molecular weight is 443 g/mol. The van der Waals surface area contributed by atoms with Crippen LogP contribution < -0.4 is 15.0 Å². The van der Waals surface area contributed by atoms with Crippen molar-refractivity contribution >= 4 is 44.8 Å². The number of carbonyl (C=O) groups excluding carboxylic acids is 1. The minimum Gasteiger partial charge on any atom is -0.303 e. The van der Waals surface area contributed by atoms with E-state index in [9.17, 15) is 9.59 Å². The second kappa shape index (κ2) is 6.97. The van der Waals surface area contributed by atoms with E-state index in [1.165, 1.54) is 27.2 Å². The van der Waals surface area contributed by atoms with Gasteiger partial charge in [-0.2, -0.15) is 9.50 Å². The molecule has 0 saturated carbocycles. The van der Waals surface area contributed by atoms with Crippen molar-refractivity contribution in [2.45, 2.75) is 6.54 Å². The smallest absolute Gasteiger partial charge is 0.291 e. The molecular formula is C23H14N4O2S2. The van der Waals surface area contributed by atoms with E-state index in [-0.39, 0.29) is 11.5 Å². The van der Waals surface area contributed by atoms with E-state index in [2.05, 4.69) is 10.1 Å². The summed E-state index contributed by atoms with van der Waals surface area (Å²) in [6, 6.07) is 21.3. The lowest BCUT2D eigenvalue weighted by Crippen LogP contribution is -2.32. The summed E-state index contributed by atoms with van der Waals surface area (Å²) in [7, 11) is 0. The van der Waals surface area contributed by atoms with Gasteiger partial charge in [0.2, 0.25) is 4.96 Å². The number of rotatable bonds is 3. The molecule has 6 rings (SSSR count). The van der Waals surface area contributed by atoms with Crippen LogP contribution in [0.5, 0.6) is 0 Å². The predicted molar refractivity (Wildman–Crippen MR) is 122 cm³/mol. The lowest BCUT2D eigenvalue weighted by molar-refractivity contribution is -0.113. The molecule has 0 aliphatic carbocycles. The molecule has 4 heterocycles. The molecule has 3 aromatic heterocycles. The molecule has 0 N–H and O–H groups in total. The molecule has 0 atom stereocenters. The fourth-order valence-corrected chi connectivity index (χ4v) is 5.47. The fraction of sp³-hybridized carbons (Fsp3) is 0.0435. The molecular weight excluding hydrogens is 428 g/mol. The van der Waals surface area contributed by atoms with Gasteiger partial charge in [-0.3, -0.25) is 9.59 Å². The molecule has 0 saturated heterocycles. The number of fused-ring (bicyclic) bond motifs is 2. The third-order valence-electron chi connectivity index (χ3n) is 5.23. The number of carbonyl (C=O) groups is 1. The number of nitrogens with zero attached hydrogens (tertiary/aromatic N) is 4. The highest BCUT2D eigenvalue weighted by Gasteiger charge is 2.34. The maximum Gasteiger partial charge on any atom is 0.291 e. The number of amides is 1. The van der Waals surface area contributed by atoms with E-state index < -0.39 is 0 Å². The average Bonchev–Trinajstić information content (AvgIpc) is 3.55. The van der Waals surface area contributed by atoms with Gasteiger partial charge in [0.25, 0.3) is 11.5 Å². The second-order valence-electron chi connectivity index (χ2n) is 7.11. The normalized spacial score (nSPS) is 15.1. The molecule has 8 heteroatoms. The number of thiazole rings is 1. The van der Waals surface area contributed by atoms with Crippen molar-refractivity contribution in [3.05, 3.63) is 98.1 Å². The molecule has 0 radical (unpaired) electrons. The van der Waals surface area contributed by atoms with Gasteiger partial charge in [0.15, 0.2) is 5.82 Å². The predicted octanol–water partition coefficient (Wildman–Crippen LogP) is 3.34. The van der Waals surface area contributed by atoms with E-state index in [1.54, 1.807) is 4.90 Å². The third-order valence-corrected chi connectivity index (χ3v) is 7.13. The van der Waals surface area contributed by atoms with Gasteiger partial charge in [-0.25, -0.2) is 0 Å². The van der Waals surface area contributed by atoms with E-state index >= 15 is 0 Å². The number of anilines is 1. The molecule has 0 bridgehead atoms. The first-order chi connectivity index (χ1) is 15.2. The number of hydrogen-bond acceptors (Lipinski definition) is 6. The van der Waals surface area contributed by atoms with E-state index in [1.807, 2.05) is 72.1 Å². The quantitative estimate of drug-likeness (QED) is 0.430. The summed E-state index contributed by atoms with van der Waals surface area (Å²) in [6.45, 7) is 0.442. The summed E-state index contributed by atoms with van der Waals surface area (Å²) in [6.07, 6.45) is 0. The summed E-state index contributed by atoms with van der Waals surface area (Å²) in [5.41, 5.74) is 2.71. The van der Waals surface area contributed by atoms with Crippen molar-refractivity contribution in [3.63, 3.8) is 0 Å². The standard InChI is InChI=1S/C23H14N4O2S2/c28-21-18(15-9-4-5-10-16(15)26(21)13-14-7-2-1-3-8-14)19-22(29)27-23(31-19)24-20(25-27)17-11-6-12-30-17/h1-12H,13H2/b19-18+. The van der Waals surface area contributed by atoms with Gasteiger partial charge >= 0.3 is 0 Å². The van der Waals surface area contributed by atoms with Crippen molar-refractivity contribution < 1.29 is 4.79 Å². The number of thiophene rings is 1. The summed E-state index contributed by atoms with van der Waals surface area (Å²) < 4.78 is 1.68. The zero-order valence-corrected chi connectivity index (χ0v) is 17.7. The first-order valence-electron chi connectivity index (χ1n) is 9.63. The SMILES string of the molecule is O=C1/C(=c2/sc3nc(-c4cccs4)nn3c2=O)c2ccccc2N1Cc1ccccc1. The van der Waals surface area contributed by atoms with Crippen LogP contribution in [0, 0.1) is 0 Å². The van der Waals surface area contributed by atoms with Crippen molar-refractivity contribution in [2.75, 3.05) is 4.90 Å². The van der Waals surface area contributed by atoms with Crippen LogP contribution in [0.4, 0.5) is 5.69 Å². The summed E-state index contributed by atoms with van der Waals surface area (Å²) in [5.74, 6) is 0.351. The van der Waals surface area contributed by atoms with Crippen LogP contribution in [-0.2, 0) is 11.3 Å². The van der Waals surface area contributed by atoms with Crippen molar-refractivity contribution in [2.24, 2.45) is 0 Å². The highest BCUT2D eigenvalue weighted by Crippen LogP contribution is 2.36. The van der Waals surface area contributed by atoms with Gasteiger partial charge in [0.1, 0.15) is 4.53 Å². The summed E-state index contributed by atoms with van der Waals surface area (Å²) in [4.78, 5) is 34.3. The van der Waals surface area contributed by atoms with Crippen molar-refractivity contribution in [3.8, 4) is 10.7 Å². The first kappa shape index (κ1) is 18.2. The van der Waals surface area contributed by atoms with Gasteiger partial charge in [-0.05, 0) is 23.1 Å². The number of aromatic nitrogens is 3. The van der Waals surface area contributed by atoms with Gasteiger partial charge in [-0.1, -0.05) is 65.9 Å². The van der Waals surface area contributed by atoms with Crippen LogP contribution in [0.1, 0.15) is 11.1 Å². The Bertz CT molecular complexity index is 1550. The fourth-order valence-electron chi connectivity index (χ4n) is 3.82. The highest BCUT2D eigenvalue weighted by atomic mass is 32.1. The van der Waals surface area contributed by atoms with E-state index in [4.69, 9.17) is 0 Å². The maximum atomic E-state index is 13.5. The molecule has 0 spiro atoms. The molecule has 150 valence electrons. The zero-order chi connectivity index (χ0) is 20.9. The monoisotopic (exact) mass is 442 g/mol. The molecule has 6 nitrogen and oxygen atoms in total. The minimum absolute atomic E-state index is 0.176. The Morgan fingerprint density at radius 2 is 1.71 bits per heavy atom. The molecule has 31 heavy (non-hydrogen) atoms. The largest absolute Gasteiger partial charge is 0.303 e. The zero-order valence-electron chi connectivity index (χ0n) is 16.1.